The second-order valence-electron chi connectivity index (χ2n) is 11.4. The van der Waals surface area contributed by atoms with Gasteiger partial charge in [0, 0.05) is 67.7 Å². The molecule has 2 aromatic carbocycles. The third-order valence-electron chi connectivity index (χ3n) is 8.60. The Morgan fingerprint density at radius 1 is 0.977 bits per heavy atom. The summed E-state index contributed by atoms with van der Waals surface area (Å²) in [6, 6.07) is 12.4. The lowest BCUT2D eigenvalue weighted by Gasteiger charge is -2.37. The Balaban J connectivity index is 1.19. The maximum Gasteiger partial charge on any atom is 0.433 e. The number of carbonyl (C=O) groups is 2. The van der Waals surface area contributed by atoms with Crippen LogP contribution >= 0.6 is 11.6 Å². The number of amides is 1. The molecule has 2 saturated heterocycles. The molecular formula is C30H29ClF5N5O3. The minimum Gasteiger partial charge on any atom is -0.478 e. The van der Waals surface area contributed by atoms with E-state index in [4.69, 9.17) is 11.6 Å². The molecule has 3 aliphatic rings. The fourth-order valence-electron chi connectivity index (χ4n) is 6.20. The summed E-state index contributed by atoms with van der Waals surface area (Å²) in [5, 5.41) is 13.6. The van der Waals surface area contributed by atoms with Crippen LogP contribution in [0.15, 0.2) is 48.7 Å². The van der Waals surface area contributed by atoms with Crippen LogP contribution in [0.5, 0.6) is 0 Å². The Hall–Kier alpha value is -3.87. The molecule has 1 N–H and O–H groups in total. The van der Waals surface area contributed by atoms with Gasteiger partial charge in [-0.1, -0.05) is 29.8 Å². The highest BCUT2D eigenvalue weighted by Gasteiger charge is 2.62. The summed E-state index contributed by atoms with van der Waals surface area (Å²) in [6.07, 6.45) is -3.56. The second kappa shape index (κ2) is 11.2. The van der Waals surface area contributed by atoms with E-state index in [1.165, 1.54) is 4.90 Å². The summed E-state index contributed by atoms with van der Waals surface area (Å²) < 4.78 is 69.2. The number of hydrogen-bond acceptors (Lipinski definition) is 5. The molecule has 3 fully saturated rings. The van der Waals surface area contributed by atoms with Crippen molar-refractivity contribution in [1.82, 2.24) is 14.7 Å². The van der Waals surface area contributed by atoms with Gasteiger partial charge in [-0.25, -0.2) is 13.6 Å². The average Bonchev–Trinajstić information content (AvgIpc) is 3.40. The number of aromatic nitrogens is 2. The van der Waals surface area contributed by atoms with E-state index in [-0.39, 0.29) is 13.0 Å². The molecule has 1 amide bonds. The molecule has 1 saturated carbocycles. The Labute approximate surface area is 254 Å². The number of piperazine rings is 1. The standard InChI is InChI=1S/C30H29ClF5N5O3/c31-19-5-8-22(18-3-6-20(7-4-18)38-10-12-39(13-11-38)27(42)24-15-29(24,32)33)25(14-19)40-9-1-2-21(17-40)41-26(30(34,35)36)23(16-37-41)28(43)44/h3-8,14,16,21,24H,1-2,9-13,15,17H2,(H,43,44)/t21?,24-/m1/s1. The number of carboxylic acid groups (broad SMARTS) is 1. The number of carboxylic acids is 1. The summed E-state index contributed by atoms with van der Waals surface area (Å²) in [4.78, 5) is 29.4. The van der Waals surface area contributed by atoms with Gasteiger partial charge in [-0.2, -0.15) is 18.3 Å². The number of benzene rings is 2. The van der Waals surface area contributed by atoms with Crippen molar-refractivity contribution in [3.8, 4) is 11.1 Å². The first-order valence-corrected chi connectivity index (χ1v) is 14.7. The van der Waals surface area contributed by atoms with Crippen molar-refractivity contribution < 1.29 is 36.6 Å². The highest BCUT2D eigenvalue weighted by atomic mass is 35.5. The fourth-order valence-corrected chi connectivity index (χ4v) is 6.37. The lowest BCUT2D eigenvalue weighted by atomic mass is 9.99. The summed E-state index contributed by atoms with van der Waals surface area (Å²) in [6.45, 7) is 2.50. The van der Waals surface area contributed by atoms with Gasteiger partial charge in [-0.05, 0) is 42.7 Å². The zero-order valence-corrected chi connectivity index (χ0v) is 24.2. The molecule has 3 heterocycles. The maximum atomic E-state index is 13.9. The molecule has 14 heteroatoms. The third kappa shape index (κ3) is 5.81. The Morgan fingerprint density at radius 3 is 2.27 bits per heavy atom. The number of piperidine rings is 1. The number of carbonyl (C=O) groups excluding carboxylic acids is 1. The number of alkyl halides is 5. The van der Waals surface area contributed by atoms with Gasteiger partial charge in [0.2, 0.25) is 5.91 Å². The van der Waals surface area contributed by atoms with E-state index in [9.17, 15) is 36.6 Å². The number of nitrogens with zero attached hydrogens (tertiary/aromatic N) is 5. The monoisotopic (exact) mass is 637 g/mol. The van der Waals surface area contributed by atoms with Crippen LogP contribution < -0.4 is 9.80 Å². The molecular weight excluding hydrogens is 609 g/mol. The molecule has 0 bridgehead atoms. The quantitative estimate of drug-likeness (QED) is 0.331. The van der Waals surface area contributed by atoms with Gasteiger partial charge in [0.1, 0.15) is 11.5 Å². The van der Waals surface area contributed by atoms with Crippen LogP contribution in [0.3, 0.4) is 0 Å². The predicted molar refractivity (Wildman–Crippen MR) is 153 cm³/mol. The van der Waals surface area contributed by atoms with Crippen LogP contribution in [-0.2, 0) is 11.0 Å². The van der Waals surface area contributed by atoms with Crippen molar-refractivity contribution in [2.75, 3.05) is 49.1 Å². The van der Waals surface area contributed by atoms with Crippen LogP contribution in [0.1, 0.15) is 41.4 Å². The Kier molecular flexibility index (Phi) is 7.71. The van der Waals surface area contributed by atoms with E-state index in [0.717, 1.165) is 33.4 Å². The molecule has 6 rings (SSSR count). The van der Waals surface area contributed by atoms with Gasteiger partial charge in [-0.3, -0.25) is 9.48 Å². The minimum absolute atomic E-state index is 0.172. The normalized spacial score (nSPS) is 21.8. The van der Waals surface area contributed by atoms with E-state index in [1.54, 1.807) is 12.1 Å². The summed E-state index contributed by atoms with van der Waals surface area (Å²) >= 11 is 6.37. The van der Waals surface area contributed by atoms with Gasteiger partial charge < -0.3 is 19.8 Å². The van der Waals surface area contributed by atoms with Crippen LogP contribution in [-0.4, -0.2) is 76.9 Å². The Morgan fingerprint density at radius 2 is 1.66 bits per heavy atom. The first-order chi connectivity index (χ1) is 20.8. The molecule has 44 heavy (non-hydrogen) atoms. The molecule has 0 radical (unpaired) electrons. The van der Waals surface area contributed by atoms with Gasteiger partial charge in [0.15, 0.2) is 5.69 Å². The van der Waals surface area contributed by atoms with E-state index >= 15 is 0 Å². The fraction of sp³-hybridized carbons (Fsp3) is 0.433. The van der Waals surface area contributed by atoms with Gasteiger partial charge >= 0.3 is 12.1 Å². The number of halogens is 6. The zero-order valence-electron chi connectivity index (χ0n) is 23.4. The summed E-state index contributed by atoms with van der Waals surface area (Å²) in [5.74, 6) is -6.24. The molecule has 2 aliphatic heterocycles. The predicted octanol–water partition coefficient (Wildman–Crippen LogP) is 6.07. The van der Waals surface area contributed by atoms with Crippen molar-refractivity contribution in [1.29, 1.82) is 0 Å². The maximum absolute atomic E-state index is 13.9. The van der Waals surface area contributed by atoms with Gasteiger partial charge in [-0.15, -0.1) is 0 Å². The number of aromatic carboxylic acids is 1. The number of rotatable bonds is 6. The lowest BCUT2D eigenvalue weighted by molar-refractivity contribution is -0.145. The van der Waals surface area contributed by atoms with E-state index < -0.39 is 47.2 Å². The summed E-state index contributed by atoms with van der Waals surface area (Å²) in [5.41, 5.74) is 1.18. The van der Waals surface area contributed by atoms with Crippen LogP contribution in [0.2, 0.25) is 5.02 Å². The molecule has 1 aliphatic carbocycles. The third-order valence-corrected chi connectivity index (χ3v) is 8.83. The molecule has 0 spiro atoms. The van der Waals surface area contributed by atoms with Crippen LogP contribution in [0.4, 0.5) is 33.3 Å². The second-order valence-corrected chi connectivity index (χ2v) is 11.9. The first-order valence-electron chi connectivity index (χ1n) is 14.3. The molecule has 3 aromatic rings. The van der Waals surface area contributed by atoms with Crippen molar-refractivity contribution in [3.63, 3.8) is 0 Å². The SMILES string of the molecule is O=C(O)c1cnn(C2CCCN(c3cc(Cl)ccc3-c3ccc(N4CCN(C(=O)[C@H]5CC5(F)F)CC4)cc3)C2)c1C(F)(F)F. The van der Waals surface area contributed by atoms with Gasteiger partial charge in [0.25, 0.3) is 5.92 Å². The molecule has 234 valence electrons. The highest BCUT2D eigenvalue weighted by Crippen LogP contribution is 2.49. The topological polar surface area (TPSA) is 81.9 Å². The smallest absolute Gasteiger partial charge is 0.433 e. The van der Waals surface area contributed by atoms with Crippen LogP contribution in [0.25, 0.3) is 11.1 Å². The summed E-state index contributed by atoms with van der Waals surface area (Å²) in [7, 11) is 0. The van der Waals surface area contributed by atoms with Crippen LogP contribution in [0, 0.1) is 5.92 Å². The average molecular weight is 638 g/mol. The molecule has 8 nitrogen and oxygen atoms in total. The lowest BCUT2D eigenvalue weighted by Crippen LogP contribution is -2.49. The van der Waals surface area contributed by atoms with E-state index in [0.29, 0.717) is 50.6 Å². The van der Waals surface area contributed by atoms with Crippen molar-refractivity contribution in [2.45, 2.75) is 37.4 Å². The van der Waals surface area contributed by atoms with Crippen molar-refractivity contribution in [3.05, 3.63) is 64.9 Å². The molecule has 2 atom stereocenters. The van der Waals surface area contributed by atoms with Gasteiger partial charge in [0.05, 0.1) is 12.2 Å². The first kappa shape index (κ1) is 30.2. The minimum atomic E-state index is -4.89. The Bertz CT molecular complexity index is 1570. The largest absolute Gasteiger partial charge is 0.478 e. The molecule has 1 unspecified atom stereocenters. The molecule has 1 aromatic heterocycles. The van der Waals surface area contributed by atoms with E-state index in [1.807, 2.05) is 35.2 Å². The zero-order chi connectivity index (χ0) is 31.4. The number of anilines is 2. The van der Waals surface area contributed by atoms with Crippen molar-refractivity contribution >= 4 is 34.9 Å². The highest BCUT2D eigenvalue weighted by molar-refractivity contribution is 6.31. The van der Waals surface area contributed by atoms with E-state index in [2.05, 4.69) is 10.00 Å². The van der Waals surface area contributed by atoms with Crippen molar-refractivity contribution in [2.24, 2.45) is 5.92 Å². The number of hydrogen-bond donors (Lipinski definition) is 1.